The first-order chi connectivity index (χ1) is 11.9. The summed E-state index contributed by atoms with van der Waals surface area (Å²) < 4.78 is 0. The van der Waals surface area contributed by atoms with E-state index in [9.17, 15) is 0 Å². The first-order valence-corrected chi connectivity index (χ1v) is 7.74. The molecule has 0 radical (unpaired) electrons. The summed E-state index contributed by atoms with van der Waals surface area (Å²) in [6.07, 6.45) is 0. The molecule has 0 aliphatic heterocycles. The van der Waals surface area contributed by atoms with E-state index in [-0.39, 0.29) is 0 Å². The van der Waals surface area contributed by atoms with Crippen LogP contribution in [0.15, 0.2) is 94.9 Å². The molecule has 0 unspecified atom stereocenters. The van der Waals surface area contributed by atoms with Crippen molar-refractivity contribution in [1.29, 1.82) is 0 Å². The Kier molecular flexibility index (Phi) is 5.35. The molecule has 0 aliphatic carbocycles. The zero-order valence-electron chi connectivity index (χ0n) is 13.2. The topological polar surface area (TPSA) is 24.7 Å². The zero-order valence-corrected chi connectivity index (χ0v) is 13.2. The third-order valence-corrected chi connectivity index (χ3v) is 3.39. The third-order valence-electron chi connectivity index (χ3n) is 3.39. The van der Waals surface area contributed by atoms with Crippen LogP contribution >= 0.6 is 0 Å². The van der Waals surface area contributed by atoms with Gasteiger partial charge in [-0.15, -0.1) is 0 Å². The minimum absolute atomic E-state index is 0.510. The Balaban J connectivity index is 1.75. The molecule has 0 N–H and O–H groups in total. The van der Waals surface area contributed by atoms with E-state index in [1.54, 1.807) is 0 Å². The molecule has 3 rings (SSSR count). The highest BCUT2D eigenvalue weighted by molar-refractivity contribution is 5.53. The minimum atomic E-state index is 0.510. The average molecular weight is 308 g/mol. The van der Waals surface area contributed by atoms with Gasteiger partial charge in [0.15, 0.2) is 0 Å². The largest absolute Gasteiger partial charge is 0.220 e. The van der Waals surface area contributed by atoms with Crippen molar-refractivity contribution in [2.45, 2.75) is 6.54 Å². The van der Waals surface area contributed by atoms with Crippen LogP contribution in [0.1, 0.15) is 16.7 Å². The summed E-state index contributed by atoms with van der Waals surface area (Å²) in [5.74, 6) is 6.40. The first-order valence-electron chi connectivity index (χ1n) is 7.74. The Hall–Kier alpha value is -3.40. The number of nitrogens with zero attached hydrogens (tertiary/aromatic N) is 2. The number of aliphatic imine (C=N–C) groups is 2. The highest BCUT2D eigenvalue weighted by Gasteiger charge is 1.97. The van der Waals surface area contributed by atoms with Gasteiger partial charge in [0, 0.05) is 11.1 Å². The van der Waals surface area contributed by atoms with Crippen LogP contribution in [0, 0.1) is 11.8 Å². The van der Waals surface area contributed by atoms with Crippen LogP contribution in [0.2, 0.25) is 0 Å². The SMILES string of the molecule is C(=NCc1ccccc1C#Cc1ccccc1)=Nc1ccccc1. The summed E-state index contributed by atoms with van der Waals surface area (Å²) >= 11 is 0. The lowest BCUT2D eigenvalue weighted by molar-refractivity contribution is 1.07. The molecule has 2 heteroatoms. The van der Waals surface area contributed by atoms with Crippen molar-refractivity contribution in [2.24, 2.45) is 9.98 Å². The Morgan fingerprint density at radius 2 is 1.33 bits per heavy atom. The fourth-order valence-corrected chi connectivity index (χ4v) is 2.16. The van der Waals surface area contributed by atoms with Gasteiger partial charge in [-0.1, -0.05) is 66.4 Å². The van der Waals surface area contributed by atoms with Gasteiger partial charge in [0.05, 0.1) is 18.2 Å². The molecule has 0 aromatic heterocycles. The van der Waals surface area contributed by atoms with E-state index in [4.69, 9.17) is 0 Å². The molecule has 114 valence electrons. The van der Waals surface area contributed by atoms with E-state index in [1.165, 1.54) is 0 Å². The first kappa shape index (κ1) is 15.5. The van der Waals surface area contributed by atoms with E-state index in [0.29, 0.717) is 6.54 Å². The van der Waals surface area contributed by atoms with E-state index >= 15 is 0 Å². The molecule has 0 heterocycles. The zero-order chi connectivity index (χ0) is 16.5. The highest BCUT2D eigenvalue weighted by Crippen LogP contribution is 2.10. The van der Waals surface area contributed by atoms with Gasteiger partial charge in [-0.05, 0) is 35.9 Å². The lowest BCUT2D eigenvalue weighted by atomic mass is 10.1. The van der Waals surface area contributed by atoms with Gasteiger partial charge in [0.1, 0.15) is 0 Å². The van der Waals surface area contributed by atoms with E-state index < -0.39 is 0 Å². The van der Waals surface area contributed by atoms with Crippen molar-refractivity contribution in [3.05, 3.63) is 102 Å². The van der Waals surface area contributed by atoms with Crippen molar-refractivity contribution in [1.82, 2.24) is 0 Å². The van der Waals surface area contributed by atoms with E-state index in [2.05, 4.69) is 27.8 Å². The second kappa shape index (κ2) is 8.29. The minimum Gasteiger partial charge on any atom is -0.220 e. The highest BCUT2D eigenvalue weighted by atomic mass is 14.8. The number of benzene rings is 3. The van der Waals surface area contributed by atoms with Gasteiger partial charge in [-0.25, -0.2) is 4.99 Å². The summed E-state index contributed by atoms with van der Waals surface area (Å²) in [7, 11) is 0. The van der Waals surface area contributed by atoms with Crippen LogP contribution in [0.5, 0.6) is 0 Å². The fraction of sp³-hybridized carbons (Fsp3) is 0.0455. The molecule has 0 saturated heterocycles. The van der Waals surface area contributed by atoms with Crippen LogP contribution in [0.25, 0.3) is 0 Å². The van der Waals surface area contributed by atoms with E-state index in [0.717, 1.165) is 22.4 Å². The summed E-state index contributed by atoms with van der Waals surface area (Å²) in [6.45, 7) is 0.510. The Labute approximate surface area is 142 Å². The van der Waals surface area contributed by atoms with Crippen LogP contribution in [-0.2, 0) is 6.54 Å². The Morgan fingerprint density at radius 3 is 2.12 bits per heavy atom. The molecule has 3 aromatic carbocycles. The van der Waals surface area contributed by atoms with Gasteiger partial charge >= 0.3 is 0 Å². The van der Waals surface area contributed by atoms with Crippen LogP contribution in [0.4, 0.5) is 5.69 Å². The number of hydrogen-bond acceptors (Lipinski definition) is 2. The average Bonchev–Trinajstić information content (AvgIpc) is 2.66. The standard InChI is InChI=1S/C22H16N2/c1-3-9-19(10-4-1)15-16-20-11-7-8-12-21(20)17-23-18-24-22-13-5-2-6-14-22/h1-14H,17H2. The third kappa shape index (κ3) is 4.55. The predicted octanol–water partition coefficient (Wildman–Crippen LogP) is 5.09. The molecule has 0 spiro atoms. The summed E-state index contributed by atoms with van der Waals surface area (Å²) in [5.41, 5.74) is 3.89. The second-order valence-electron chi connectivity index (χ2n) is 5.14. The maximum absolute atomic E-state index is 4.27. The van der Waals surface area contributed by atoms with Crippen LogP contribution < -0.4 is 0 Å². The maximum Gasteiger partial charge on any atom is 0.0952 e. The van der Waals surface area contributed by atoms with Gasteiger partial charge in [0.2, 0.25) is 0 Å². The molecule has 0 saturated carbocycles. The fourth-order valence-electron chi connectivity index (χ4n) is 2.16. The summed E-state index contributed by atoms with van der Waals surface area (Å²) in [5, 5.41) is 0. The van der Waals surface area contributed by atoms with Crippen molar-refractivity contribution >= 4 is 11.7 Å². The van der Waals surface area contributed by atoms with Gasteiger partial charge in [-0.2, -0.15) is 4.99 Å². The van der Waals surface area contributed by atoms with Crippen molar-refractivity contribution in [2.75, 3.05) is 0 Å². The van der Waals surface area contributed by atoms with Crippen molar-refractivity contribution < 1.29 is 0 Å². The molecular weight excluding hydrogens is 292 g/mol. The number of para-hydroxylation sites is 1. The van der Waals surface area contributed by atoms with Crippen LogP contribution in [-0.4, -0.2) is 6.01 Å². The predicted molar refractivity (Wildman–Crippen MR) is 98.5 cm³/mol. The Bertz CT molecular complexity index is 910. The monoisotopic (exact) mass is 308 g/mol. The van der Waals surface area contributed by atoms with Gasteiger partial charge < -0.3 is 0 Å². The van der Waals surface area contributed by atoms with Crippen LogP contribution in [0.3, 0.4) is 0 Å². The van der Waals surface area contributed by atoms with Crippen molar-refractivity contribution in [3.63, 3.8) is 0 Å². The molecule has 2 nitrogen and oxygen atoms in total. The lowest BCUT2D eigenvalue weighted by Gasteiger charge is -1.99. The molecule has 0 atom stereocenters. The van der Waals surface area contributed by atoms with Crippen molar-refractivity contribution in [3.8, 4) is 11.8 Å². The normalized spacial score (nSPS) is 9.33. The Morgan fingerprint density at radius 1 is 0.667 bits per heavy atom. The molecule has 0 amide bonds. The lowest BCUT2D eigenvalue weighted by Crippen LogP contribution is -1.87. The van der Waals surface area contributed by atoms with E-state index in [1.807, 2.05) is 84.9 Å². The quantitative estimate of drug-likeness (QED) is 0.475. The summed E-state index contributed by atoms with van der Waals surface area (Å²) in [4.78, 5) is 8.46. The second-order valence-corrected chi connectivity index (χ2v) is 5.14. The molecular formula is C22H16N2. The number of hydrogen-bond donors (Lipinski definition) is 0. The molecule has 3 aromatic rings. The van der Waals surface area contributed by atoms with Gasteiger partial charge in [-0.3, -0.25) is 0 Å². The number of rotatable bonds is 3. The smallest absolute Gasteiger partial charge is 0.0952 e. The molecule has 24 heavy (non-hydrogen) atoms. The maximum atomic E-state index is 4.27. The molecule has 0 aliphatic rings. The van der Waals surface area contributed by atoms with Gasteiger partial charge in [0.25, 0.3) is 0 Å². The summed E-state index contributed by atoms with van der Waals surface area (Å²) in [6, 6.07) is 30.4. The molecule has 0 fully saturated rings. The molecule has 0 bridgehead atoms.